The largest absolute Gasteiger partial charge is 0.454 e. The highest BCUT2D eigenvalue weighted by Gasteiger charge is 2.17. The van der Waals surface area contributed by atoms with Crippen molar-refractivity contribution in [1.82, 2.24) is 10.3 Å². The summed E-state index contributed by atoms with van der Waals surface area (Å²) in [6.45, 7) is 1.55. The Morgan fingerprint density at radius 3 is 2.61 bits per heavy atom. The molecule has 28 heavy (non-hydrogen) atoms. The van der Waals surface area contributed by atoms with Crippen LogP contribution in [0, 0.1) is 5.82 Å². The first-order chi connectivity index (χ1) is 13.8. The van der Waals surface area contributed by atoms with Gasteiger partial charge < -0.3 is 14.8 Å². The fourth-order valence-corrected chi connectivity index (χ4v) is 3.98. The number of hydrogen-bond donors (Lipinski definition) is 1. The van der Waals surface area contributed by atoms with Crippen LogP contribution in [0.2, 0.25) is 0 Å². The normalized spacial score (nSPS) is 12.6. The van der Waals surface area contributed by atoms with Crippen molar-refractivity contribution < 1.29 is 13.9 Å². The lowest BCUT2D eigenvalue weighted by Crippen LogP contribution is -2.14. The third-order valence-corrected chi connectivity index (χ3v) is 5.42. The first-order valence-corrected chi connectivity index (χ1v) is 9.91. The number of halogens is 1. The van der Waals surface area contributed by atoms with E-state index in [0.717, 1.165) is 44.8 Å². The number of aromatic nitrogens is 1. The van der Waals surface area contributed by atoms with Gasteiger partial charge in [0.2, 0.25) is 6.79 Å². The van der Waals surface area contributed by atoms with Crippen LogP contribution in [-0.2, 0) is 13.1 Å². The monoisotopic (exact) mass is 392 g/mol. The topological polar surface area (TPSA) is 43.4 Å². The second-order valence-electron chi connectivity index (χ2n) is 6.64. The molecule has 0 bridgehead atoms. The van der Waals surface area contributed by atoms with Crippen molar-refractivity contribution in [3.8, 4) is 22.8 Å². The molecule has 3 heterocycles. The zero-order valence-electron chi connectivity index (χ0n) is 14.9. The number of nitrogens with zero attached hydrogens (tertiary/aromatic N) is 1. The second kappa shape index (κ2) is 7.22. The molecule has 0 aliphatic carbocycles. The molecule has 5 rings (SSSR count). The van der Waals surface area contributed by atoms with E-state index in [1.807, 2.05) is 12.1 Å². The molecule has 140 valence electrons. The Labute approximate surface area is 165 Å². The molecule has 2 aromatic heterocycles. The van der Waals surface area contributed by atoms with Gasteiger partial charge in [0.1, 0.15) is 5.82 Å². The summed E-state index contributed by atoms with van der Waals surface area (Å²) in [6, 6.07) is 14.7. The predicted molar refractivity (Wildman–Crippen MR) is 108 cm³/mol. The Balaban J connectivity index is 1.47. The molecule has 0 saturated carbocycles. The highest BCUT2D eigenvalue weighted by Crippen LogP contribution is 2.37. The molecule has 6 heteroatoms. The molecule has 0 radical (unpaired) electrons. The molecule has 1 aliphatic heterocycles. The Hall–Kier alpha value is -2.96. The van der Waals surface area contributed by atoms with Crippen molar-refractivity contribution in [2.45, 2.75) is 13.1 Å². The lowest BCUT2D eigenvalue weighted by Gasteiger charge is -2.12. The summed E-state index contributed by atoms with van der Waals surface area (Å²) in [6.07, 6.45) is 0. The first-order valence-electron chi connectivity index (χ1n) is 8.97. The van der Waals surface area contributed by atoms with Gasteiger partial charge >= 0.3 is 0 Å². The van der Waals surface area contributed by atoms with Gasteiger partial charge in [0.25, 0.3) is 0 Å². The SMILES string of the molecule is Fc1ccc(CNCc2cc3cc4c(cc3nc2-c2ccsc2)OCO4)cc1. The molecule has 4 nitrogen and oxygen atoms in total. The van der Waals surface area contributed by atoms with E-state index < -0.39 is 0 Å². The van der Waals surface area contributed by atoms with E-state index in [2.05, 4.69) is 28.2 Å². The molecule has 1 aliphatic rings. The first kappa shape index (κ1) is 17.2. The minimum absolute atomic E-state index is 0.221. The van der Waals surface area contributed by atoms with E-state index in [9.17, 15) is 4.39 Å². The predicted octanol–water partition coefficient (Wildman–Crippen LogP) is 5.12. The van der Waals surface area contributed by atoms with E-state index in [-0.39, 0.29) is 12.6 Å². The number of nitrogens with one attached hydrogen (secondary N) is 1. The third-order valence-electron chi connectivity index (χ3n) is 4.74. The van der Waals surface area contributed by atoms with E-state index in [4.69, 9.17) is 14.5 Å². The fraction of sp³-hybridized carbons (Fsp3) is 0.136. The molecular weight excluding hydrogens is 375 g/mol. The summed E-state index contributed by atoms with van der Waals surface area (Å²) in [7, 11) is 0. The number of hydrogen-bond acceptors (Lipinski definition) is 5. The molecular formula is C22H17FN2O2S. The maximum atomic E-state index is 13.1. The summed E-state index contributed by atoms with van der Waals surface area (Å²) in [5.41, 5.74) is 5.08. The number of ether oxygens (including phenoxy) is 2. The Bertz CT molecular complexity index is 1130. The van der Waals surface area contributed by atoms with Crippen LogP contribution in [0.15, 0.2) is 59.3 Å². The highest BCUT2D eigenvalue weighted by atomic mass is 32.1. The van der Waals surface area contributed by atoms with Gasteiger partial charge in [0.05, 0.1) is 11.2 Å². The summed E-state index contributed by atoms with van der Waals surface area (Å²) < 4.78 is 24.1. The number of thiophene rings is 1. The van der Waals surface area contributed by atoms with E-state index in [1.165, 1.54) is 12.1 Å². The van der Waals surface area contributed by atoms with Gasteiger partial charge in [0.15, 0.2) is 11.5 Å². The summed E-state index contributed by atoms with van der Waals surface area (Å²) >= 11 is 1.65. The third kappa shape index (κ3) is 3.32. The average molecular weight is 392 g/mol. The van der Waals surface area contributed by atoms with Crippen molar-refractivity contribution in [3.05, 3.63) is 76.2 Å². The van der Waals surface area contributed by atoms with Crippen LogP contribution in [0.1, 0.15) is 11.1 Å². The smallest absolute Gasteiger partial charge is 0.231 e. The van der Waals surface area contributed by atoms with Crippen molar-refractivity contribution in [1.29, 1.82) is 0 Å². The van der Waals surface area contributed by atoms with Crippen LogP contribution < -0.4 is 14.8 Å². The number of benzene rings is 2. The highest BCUT2D eigenvalue weighted by molar-refractivity contribution is 7.08. The van der Waals surface area contributed by atoms with Gasteiger partial charge in [-0.25, -0.2) is 9.37 Å². The van der Waals surface area contributed by atoms with Crippen LogP contribution in [0.3, 0.4) is 0 Å². The van der Waals surface area contributed by atoms with Crippen LogP contribution in [0.5, 0.6) is 11.5 Å². The quantitative estimate of drug-likeness (QED) is 0.512. The van der Waals surface area contributed by atoms with Crippen molar-refractivity contribution in [3.63, 3.8) is 0 Å². The van der Waals surface area contributed by atoms with Gasteiger partial charge in [0, 0.05) is 35.5 Å². The summed E-state index contributed by atoms with van der Waals surface area (Å²) in [5, 5.41) is 8.61. The van der Waals surface area contributed by atoms with E-state index in [0.29, 0.717) is 13.1 Å². The van der Waals surface area contributed by atoms with Crippen molar-refractivity contribution >= 4 is 22.2 Å². The van der Waals surface area contributed by atoms with Gasteiger partial charge in [-0.2, -0.15) is 11.3 Å². The standard InChI is InChI=1S/C22H17FN2O2S/c23-18-3-1-14(2-4-18)10-24-11-17-7-16-8-20-21(27-13-26-20)9-19(16)25-22(17)15-5-6-28-12-15/h1-9,12,24H,10-11,13H2. The molecule has 0 atom stereocenters. The van der Waals surface area contributed by atoms with Gasteiger partial charge in [-0.3, -0.25) is 0 Å². The Kier molecular flexibility index (Phi) is 4.43. The van der Waals surface area contributed by atoms with Crippen LogP contribution in [0.25, 0.3) is 22.2 Å². The van der Waals surface area contributed by atoms with E-state index >= 15 is 0 Å². The molecule has 0 saturated heterocycles. The summed E-state index contributed by atoms with van der Waals surface area (Å²) in [5.74, 6) is 1.27. The number of fused-ring (bicyclic) bond motifs is 2. The lowest BCUT2D eigenvalue weighted by molar-refractivity contribution is 0.174. The van der Waals surface area contributed by atoms with Gasteiger partial charge in [-0.15, -0.1) is 0 Å². The molecule has 2 aromatic carbocycles. The second-order valence-corrected chi connectivity index (χ2v) is 7.42. The number of pyridine rings is 1. The van der Waals surface area contributed by atoms with Gasteiger partial charge in [-0.05, 0) is 46.8 Å². The fourth-order valence-electron chi connectivity index (χ4n) is 3.34. The Morgan fingerprint density at radius 2 is 1.82 bits per heavy atom. The molecule has 0 amide bonds. The zero-order chi connectivity index (χ0) is 18.9. The summed E-state index contributed by atoms with van der Waals surface area (Å²) in [4.78, 5) is 4.91. The molecule has 0 spiro atoms. The van der Waals surface area contributed by atoms with Crippen LogP contribution in [-0.4, -0.2) is 11.8 Å². The van der Waals surface area contributed by atoms with Crippen molar-refractivity contribution in [2.75, 3.05) is 6.79 Å². The molecule has 4 aromatic rings. The van der Waals surface area contributed by atoms with Crippen LogP contribution in [0.4, 0.5) is 4.39 Å². The zero-order valence-corrected chi connectivity index (χ0v) is 15.8. The van der Waals surface area contributed by atoms with Crippen molar-refractivity contribution in [2.24, 2.45) is 0 Å². The Morgan fingerprint density at radius 1 is 1.00 bits per heavy atom. The number of rotatable bonds is 5. The molecule has 1 N–H and O–H groups in total. The molecule has 0 fully saturated rings. The lowest BCUT2D eigenvalue weighted by atomic mass is 10.0. The minimum atomic E-state index is -0.221. The van der Waals surface area contributed by atoms with Gasteiger partial charge in [-0.1, -0.05) is 12.1 Å². The molecule has 0 unspecified atom stereocenters. The maximum Gasteiger partial charge on any atom is 0.231 e. The van der Waals surface area contributed by atoms with E-state index in [1.54, 1.807) is 23.5 Å². The van der Waals surface area contributed by atoms with Crippen LogP contribution >= 0.6 is 11.3 Å². The minimum Gasteiger partial charge on any atom is -0.454 e. The average Bonchev–Trinajstić information content (AvgIpc) is 3.39. The maximum absolute atomic E-state index is 13.1.